The zero-order valence-electron chi connectivity index (χ0n) is 12.1. The second-order valence-electron chi connectivity index (χ2n) is 5.30. The number of nitrogens with zero attached hydrogens (tertiary/aromatic N) is 1. The first kappa shape index (κ1) is 16.5. The third-order valence-corrected chi connectivity index (χ3v) is 3.94. The summed E-state index contributed by atoms with van der Waals surface area (Å²) >= 11 is 0. The Morgan fingerprint density at radius 2 is 2.14 bits per heavy atom. The number of aromatic nitrogens is 1. The molecule has 2 N–H and O–H groups in total. The molecule has 1 saturated heterocycles. The van der Waals surface area contributed by atoms with E-state index in [2.05, 4.69) is 10.3 Å². The predicted molar refractivity (Wildman–Crippen MR) is 85.1 cm³/mol. The summed E-state index contributed by atoms with van der Waals surface area (Å²) in [5.74, 6) is -0.664. The smallest absolute Gasteiger partial charge is 0.254 e. The van der Waals surface area contributed by atoms with E-state index in [4.69, 9.17) is 0 Å². The lowest BCUT2D eigenvalue weighted by atomic mass is 10.1. The van der Waals surface area contributed by atoms with Gasteiger partial charge >= 0.3 is 0 Å². The van der Waals surface area contributed by atoms with Crippen LogP contribution in [0.15, 0.2) is 29.1 Å². The number of hydrogen-bond acceptors (Lipinski definition) is 3. The highest BCUT2D eigenvalue weighted by molar-refractivity contribution is 6.06. The van der Waals surface area contributed by atoms with Crippen molar-refractivity contribution in [2.75, 3.05) is 20.1 Å². The van der Waals surface area contributed by atoms with E-state index in [0.29, 0.717) is 16.5 Å². The average Bonchev–Trinajstić information content (AvgIpc) is 2.98. The van der Waals surface area contributed by atoms with Crippen molar-refractivity contribution in [2.45, 2.75) is 12.5 Å². The Hall–Kier alpha value is -1.92. The summed E-state index contributed by atoms with van der Waals surface area (Å²) in [6, 6.07) is 5.43. The molecule has 0 bridgehead atoms. The van der Waals surface area contributed by atoms with E-state index in [1.807, 2.05) is 0 Å². The molecule has 1 aromatic carbocycles. The largest absolute Gasteiger partial charge is 0.337 e. The molecule has 7 heteroatoms. The van der Waals surface area contributed by atoms with Crippen LogP contribution in [0.5, 0.6) is 0 Å². The molecule has 1 amide bonds. The second-order valence-corrected chi connectivity index (χ2v) is 5.30. The van der Waals surface area contributed by atoms with Crippen LogP contribution in [0, 0.1) is 5.82 Å². The Morgan fingerprint density at radius 1 is 1.36 bits per heavy atom. The fraction of sp³-hybridized carbons (Fsp3) is 0.333. The lowest BCUT2D eigenvalue weighted by Crippen LogP contribution is -2.38. The summed E-state index contributed by atoms with van der Waals surface area (Å²) in [6.07, 6.45) is 0.887. The highest BCUT2D eigenvalue weighted by atomic mass is 35.5. The van der Waals surface area contributed by atoms with Gasteiger partial charge in [-0.25, -0.2) is 4.39 Å². The fourth-order valence-electron chi connectivity index (χ4n) is 2.74. The van der Waals surface area contributed by atoms with Crippen LogP contribution in [0.3, 0.4) is 0 Å². The summed E-state index contributed by atoms with van der Waals surface area (Å²) in [5.41, 5.74) is 0.237. The number of likely N-dealkylation sites (N-methyl/N-ethyl adjacent to an activating group) is 1. The molecule has 3 rings (SSSR count). The van der Waals surface area contributed by atoms with E-state index in [-0.39, 0.29) is 24.4 Å². The normalized spacial score (nSPS) is 17.3. The van der Waals surface area contributed by atoms with Crippen molar-refractivity contribution < 1.29 is 9.18 Å². The third kappa shape index (κ3) is 2.98. The van der Waals surface area contributed by atoms with Gasteiger partial charge in [-0.2, -0.15) is 0 Å². The molecule has 1 aliphatic heterocycles. The van der Waals surface area contributed by atoms with E-state index in [1.54, 1.807) is 11.9 Å². The minimum Gasteiger partial charge on any atom is -0.337 e. The lowest BCUT2D eigenvalue weighted by molar-refractivity contribution is 0.0745. The van der Waals surface area contributed by atoms with Gasteiger partial charge in [-0.05, 0) is 31.2 Å². The highest BCUT2D eigenvalue weighted by Gasteiger charge is 2.25. The maximum Gasteiger partial charge on any atom is 0.254 e. The van der Waals surface area contributed by atoms with E-state index in [1.165, 1.54) is 24.3 Å². The van der Waals surface area contributed by atoms with E-state index >= 15 is 0 Å². The number of nitrogens with one attached hydrogen (secondary N) is 2. The number of aromatic amines is 1. The average molecular weight is 326 g/mol. The second kappa shape index (κ2) is 6.46. The van der Waals surface area contributed by atoms with Crippen molar-refractivity contribution >= 4 is 29.2 Å². The van der Waals surface area contributed by atoms with E-state index in [9.17, 15) is 14.0 Å². The van der Waals surface area contributed by atoms with Crippen LogP contribution in [0.2, 0.25) is 0 Å². The number of hydrogen-bond donors (Lipinski definition) is 2. The standard InChI is InChI=1S/C15H16FN3O2.ClH/c1-19(10-4-5-17-8-10)15(21)12-7-14(20)18-13-6-9(16)2-3-11(12)13;/h2-3,6-7,10,17H,4-5,8H2,1H3,(H,18,20);1H. The first-order valence-corrected chi connectivity index (χ1v) is 6.87. The molecule has 1 fully saturated rings. The topological polar surface area (TPSA) is 65.2 Å². The van der Waals surface area contributed by atoms with Crippen LogP contribution >= 0.6 is 12.4 Å². The molecule has 22 heavy (non-hydrogen) atoms. The van der Waals surface area contributed by atoms with Gasteiger partial charge < -0.3 is 15.2 Å². The van der Waals surface area contributed by atoms with Crippen LogP contribution in [-0.2, 0) is 0 Å². The van der Waals surface area contributed by atoms with Gasteiger partial charge in [0.2, 0.25) is 5.56 Å². The third-order valence-electron chi connectivity index (χ3n) is 3.94. The summed E-state index contributed by atoms with van der Waals surface area (Å²) in [6.45, 7) is 1.63. The predicted octanol–water partition coefficient (Wildman–Crippen LogP) is 1.52. The van der Waals surface area contributed by atoms with Crippen molar-refractivity contribution in [3.8, 4) is 0 Å². The molecule has 118 valence electrons. The fourth-order valence-corrected chi connectivity index (χ4v) is 2.74. The maximum atomic E-state index is 13.3. The molecular formula is C15H17ClFN3O2. The van der Waals surface area contributed by atoms with Crippen molar-refractivity contribution in [1.29, 1.82) is 0 Å². The summed E-state index contributed by atoms with van der Waals surface area (Å²) in [7, 11) is 1.73. The van der Waals surface area contributed by atoms with Gasteiger partial charge in [0.05, 0.1) is 11.1 Å². The molecule has 5 nitrogen and oxygen atoms in total. The summed E-state index contributed by atoms with van der Waals surface area (Å²) in [5, 5.41) is 3.76. The van der Waals surface area contributed by atoms with Gasteiger partial charge in [0.1, 0.15) is 5.82 Å². The van der Waals surface area contributed by atoms with Gasteiger partial charge in [-0.3, -0.25) is 9.59 Å². The summed E-state index contributed by atoms with van der Waals surface area (Å²) < 4.78 is 13.3. The van der Waals surface area contributed by atoms with Crippen LogP contribution < -0.4 is 10.9 Å². The van der Waals surface area contributed by atoms with Crippen LogP contribution in [0.1, 0.15) is 16.8 Å². The number of carbonyl (C=O) groups is 1. The Bertz CT molecular complexity index is 756. The molecule has 2 heterocycles. The van der Waals surface area contributed by atoms with Crippen LogP contribution in [-0.4, -0.2) is 42.0 Å². The number of halogens is 2. The molecular weight excluding hydrogens is 309 g/mol. The van der Waals surface area contributed by atoms with E-state index in [0.717, 1.165) is 19.5 Å². The number of amides is 1. The number of H-pyrrole nitrogens is 1. The quantitative estimate of drug-likeness (QED) is 0.880. The molecule has 2 aromatic rings. The minimum atomic E-state index is -0.448. The maximum absolute atomic E-state index is 13.3. The zero-order chi connectivity index (χ0) is 15.0. The molecule has 0 radical (unpaired) electrons. The van der Waals surface area contributed by atoms with Crippen molar-refractivity contribution in [1.82, 2.24) is 15.2 Å². The van der Waals surface area contributed by atoms with Gasteiger partial charge in [0.15, 0.2) is 0 Å². The lowest BCUT2D eigenvalue weighted by Gasteiger charge is -2.24. The van der Waals surface area contributed by atoms with Crippen molar-refractivity contribution in [3.63, 3.8) is 0 Å². The molecule has 0 aliphatic carbocycles. The van der Waals surface area contributed by atoms with Crippen LogP contribution in [0.25, 0.3) is 10.9 Å². The van der Waals surface area contributed by atoms with Gasteiger partial charge in [-0.1, -0.05) is 0 Å². The van der Waals surface area contributed by atoms with Crippen molar-refractivity contribution in [3.05, 3.63) is 46.0 Å². The van der Waals surface area contributed by atoms with Gasteiger partial charge in [0.25, 0.3) is 5.91 Å². The van der Waals surface area contributed by atoms with Gasteiger partial charge in [-0.15, -0.1) is 12.4 Å². The number of benzene rings is 1. The van der Waals surface area contributed by atoms with E-state index < -0.39 is 11.4 Å². The minimum absolute atomic E-state index is 0. The van der Waals surface area contributed by atoms with Crippen LogP contribution in [0.4, 0.5) is 4.39 Å². The molecule has 1 unspecified atom stereocenters. The molecule has 1 aliphatic rings. The number of rotatable bonds is 2. The Balaban J connectivity index is 0.00000176. The molecule has 0 spiro atoms. The monoisotopic (exact) mass is 325 g/mol. The summed E-state index contributed by atoms with van der Waals surface area (Å²) in [4.78, 5) is 28.5. The number of pyridine rings is 1. The highest BCUT2D eigenvalue weighted by Crippen LogP contribution is 2.19. The Morgan fingerprint density at radius 3 is 2.82 bits per heavy atom. The number of carbonyl (C=O) groups excluding carboxylic acids is 1. The molecule has 0 saturated carbocycles. The zero-order valence-corrected chi connectivity index (χ0v) is 12.9. The molecule has 1 atom stereocenters. The first-order valence-electron chi connectivity index (χ1n) is 6.87. The Kier molecular flexibility index (Phi) is 4.83. The number of fused-ring (bicyclic) bond motifs is 1. The first-order chi connectivity index (χ1) is 10.1. The Labute approximate surface area is 132 Å². The van der Waals surface area contributed by atoms with Crippen molar-refractivity contribution in [2.24, 2.45) is 0 Å². The molecule has 1 aromatic heterocycles. The van der Waals surface area contributed by atoms with Gasteiger partial charge in [0, 0.05) is 31.1 Å². The SMILES string of the molecule is CN(C(=O)c1cc(=O)[nH]c2cc(F)ccc12)C1CCNC1.Cl.